The molecule has 34 heavy (non-hydrogen) atoms. The Morgan fingerprint density at radius 1 is 0.676 bits per heavy atom. The summed E-state index contributed by atoms with van der Waals surface area (Å²) >= 11 is 11.8. The normalized spacial score (nSPS) is 34.2. The molecular formula is C22H34O9S3. The SMILES string of the molecule is CC(OC(=O)CS)OC1CC2CC1C1CC(OC(C)OC(=O)CS)C(OC(C)OC(=O)CS)C21. The molecule has 9 nitrogen and oxygen atoms in total. The van der Waals surface area contributed by atoms with Gasteiger partial charge in [0.2, 0.25) is 12.6 Å². The summed E-state index contributed by atoms with van der Waals surface area (Å²) < 4.78 is 34.1. The second-order valence-electron chi connectivity index (χ2n) is 8.97. The molecule has 10 unspecified atom stereocenters. The van der Waals surface area contributed by atoms with Gasteiger partial charge in [0, 0.05) is 0 Å². The molecule has 3 aliphatic carbocycles. The zero-order chi connectivity index (χ0) is 25.0. The van der Waals surface area contributed by atoms with Crippen LogP contribution in [0.1, 0.15) is 40.0 Å². The lowest BCUT2D eigenvalue weighted by Gasteiger charge is -2.35. The van der Waals surface area contributed by atoms with Crippen molar-refractivity contribution in [2.45, 2.75) is 77.2 Å². The monoisotopic (exact) mass is 538 g/mol. The van der Waals surface area contributed by atoms with Gasteiger partial charge in [-0.15, -0.1) is 0 Å². The van der Waals surface area contributed by atoms with Crippen LogP contribution in [0.3, 0.4) is 0 Å². The summed E-state index contributed by atoms with van der Waals surface area (Å²) in [7, 11) is 0. The molecule has 0 radical (unpaired) electrons. The van der Waals surface area contributed by atoms with E-state index in [2.05, 4.69) is 37.9 Å². The van der Waals surface area contributed by atoms with Crippen LogP contribution in [0.2, 0.25) is 0 Å². The predicted molar refractivity (Wildman–Crippen MR) is 131 cm³/mol. The number of rotatable bonds is 12. The molecule has 0 aromatic rings. The summed E-state index contributed by atoms with van der Waals surface area (Å²) in [5.41, 5.74) is 0. The molecule has 3 rings (SSSR count). The minimum atomic E-state index is -0.768. The van der Waals surface area contributed by atoms with Crippen molar-refractivity contribution in [3.8, 4) is 0 Å². The number of fused-ring (bicyclic) bond motifs is 5. The quantitative estimate of drug-likeness (QED) is 0.149. The van der Waals surface area contributed by atoms with Gasteiger partial charge in [0.15, 0.2) is 6.29 Å². The lowest BCUT2D eigenvalue weighted by Crippen LogP contribution is -2.41. The number of carbonyl (C=O) groups is 3. The van der Waals surface area contributed by atoms with Crippen LogP contribution >= 0.6 is 37.9 Å². The fourth-order valence-corrected chi connectivity index (χ4v) is 6.12. The van der Waals surface area contributed by atoms with Crippen molar-refractivity contribution >= 4 is 55.8 Å². The molecular weight excluding hydrogens is 504 g/mol. The van der Waals surface area contributed by atoms with Gasteiger partial charge < -0.3 is 28.4 Å². The number of ether oxygens (including phenoxy) is 6. The first-order chi connectivity index (χ1) is 16.2. The lowest BCUT2D eigenvalue weighted by molar-refractivity contribution is -0.226. The summed E-state index contributed by atoms with van der Waals surface area (Å²) in [5.74, 6) is -0.409. The third kappa shape index (κ3) is 6.76. The Balaban J connectivity index is 1.68. The largest absolute Gasteiger partial charge is 0.435 e. The average molecular weight is 539 g/mol. The first-order valence-electron chi connectivity index (χ1n) is 11.5. The molecule has 3 fully saturated rings. The molecule has 0 aromatic carbocycles. The van der Waals surface area contributed by atoms with Crippen molar-refractivity contribution in [3.63, 3.8) is 0 Å². The molecule has 0 heterocycles. The van der Waals surface area contributed by atoms with Gasteiger partial charge in [-0.1, -0.05) is 0 Å². The molecule has 3 saturated carbocycles. The summed E-state index contributed by atoms with van der Waals surface area (Å²) in [6, 6.07) is 0. The fourth-order valence-electron chi connectivity index (χ4n) is 5.90. The van der Waals surface area contributed by atoms with E-state index in [1.54, 1.807) is 20.8 Å². The minimum absolute atomic E-state index is 0.000882. The highest BCUT2D eigenvalue weighted by atomic mass is 32.1. The van der Waals surface area contributed by atoms with Crippen LogP contribution in [0.25, 0.3) is 0 Å². The van der Waals surface area contributed by atoms with Gasteiger partial charge in [-0.25, -0.2) is 0 Å². The van der Waals surface area contributed by atoms with Crippen LogP contribution < -0.4 is 0 Å². The van der Waals surface area contributed by atoms with Crippen LogP contribution in [0, 0.1) is 23.7 Å². The van der Waals surface area contributed by atoms with E-state index in [-0.39, 0.29) is 53.3 Å². The van der Waals surface area contributed by atoms with Crippen LogP contribution in [0.4, 0.5) is 0 Å². The van der Waals surface area contributed by atoms with E-state index in [0.29, 0.717) is 12.3 Å². The maximum atomic E-state index is 11.7. The molecule has 194 valence electrons. The molecule has 10 atom stereocenters. The predicted octanol–water partition coefficient (Wildman–Crippen LogP) is 2.27. The zero-order valence-electron chi connectivity index (χ0n) is 19.5. The maximum Gasteiger partial charge on any atom is 0.317 e. The summed E-state index contributed by atoms with van der Waals surface area (Å²) in [6.07, 6.45) is -0.413. The van der Waals surface area contributed by atoms with Crippen LogP contribution in [-0.2, 0) is 42.8 Å². The smallest absolute Gasteiger partial charge is 0.317 e. The van der Waals surface area contributed by atoms with Gasteiger partial charge in [0.1, 0.15) is 0 Å². The third-order valence-electron chi connectivity index (χ3n) is 6.79. The molecule has 2 bridgehead atoms. The summed E-state index contributed by atoms with van der Waals surface area (Å²) in [5, 5.41) is 0. The van der Waals surface area contributed by atoms with Gasteiger partial charge in [0.25, 0.3) is 0 Å². The average Bonchev–Trinajstić information content (AvgIpc) is 3.44. The maximum absolute atomic E-state index is 11.7. The van der Waals surface area contributed by atoms with Crippen molar-refractivity contribution in [1.82, 2.24) is 0 Å². The Hall–Kier alpha value is -0.660. The molecule has 12 heteroatoms. The third-order valence-corrected chi connectivity index (χ3v) is 7.56. The highest BCUT2D eigenvalue weighted by Crippen LogP contribution is 2.61. The molecule has 3 aliphatic rings. The van der Waals surface area contributed by atoms with Crippen LogP contribution in [0.5, 0.6) is 0 Å². The minimum Gasteiger partial charge on any atom is -0.435 e. The standard InChI is InChI=1S/C22H34O9S3/c1-10(28-18(23)7-32)26-16-5-13-4-14(16)15-6-17(27-11(2)29-19(24)8-33)22(21(13)15)31-12(3)30-20(25)9-34/h10-17,21-22,32-34H,4-9H2,1-3H3. The number of carbonyl (C=O) groups excluding carboxylic acids is 3. The van der Waals surface area contributed by atoms with Crippen LogP contribution in [0.15, 0.2) is 0 Å². The number of hydrogen-bond donors (Lipinski definition) is 3. The Bertz CT molecular complexity index is 738. The van der Waals surface area contributed by atoms with Crippen LogP contribution in [-0.4, -0.2) is 72.3 Å². The van der Waals surface area contributed by atoms with Crippen molar-refractivity contribution in [2.75, 3.05) is 17.3 Å². The highest BCUT2D eigenvalue weighted by Gasteiger charge is 2.62. The number of hydrogen-bond acceptors (Lipinski definition) is 12. The van der Waals surface area contributed by atoms with Gasteiger partial charge in [0.05, 0.1) is 35.6 Å². The van der Waals surface area contributed by atoms with E-state index < -0.39 is 36.8 Å². The molecule has 0 saturated heterocycles. The second-order valence-corrected chi connectivity index (χ2v) is 9.92. The summed E-state index contributed by atoms with van der Waals surface area (Å²) in [6.45, 7) is 5.05. The van der Waals surface area contributed by atoms with E-state index in [4.69, 9.17) is 28.4 Å². The molecule has 0 aliphatic heterocycles. The van der Waals surface area contributed by atoms with Crippen molar-refractivity contribution in [3.05, 3.63) is 0 Å². The van der Waals surface area contributed by atoms with E-state index in [1.165, 1.54) is 0 Å². The van der Waals surface area contributed by atoms with E-state index in [1.807, 2.05) is 0 Å². The van der Waals surface area contributed by atoms with Gasteiger partial charge in [-0.2, -0.15) is 37.9 Å². The zero-order valence-corrected chi connectivity index (χ0v) is 22.2. The first kappa shape index (κ1) is 27.9. The van der Waals surface area contributed by atoms with Crippen molar-refractivity contribution in [1.29, 1.82) is 0 Å². The topological polar surface area (TPSA) is 107 Å². The molecule has 0 N–H and O–H groups in total. The van der Waals surface area contributed by atoms with E-state index >= 15 is 0 Å². The Kier molecular flexibility index (Phi) is 10.3. The second kappa shape index (κ2) is 12.5. The van der Waals surface area contributed by atoms with Crippen molar-refractivity contribution < 1.29 is 42.8 Å². The Morgan fingerprint density at radius 2 is 1.15 bits per heavy atom. The highest BCUT2D eigenvalue weighted by molar-refractivity contribution is 7.81. The fraction of sp³-hybridized carbons (Fsp3) is 0.864. The number of esters is 3. The van der Waals surface area contributed by atoms with E-state index in [0.717, 1.165) is 12.8 Å². The summed E-state index contributed by atoms with van der Waals surface area (Å²) in [4.78, 5) is 34.8. The van der Waals surface area contributed by atoms with Crippen molar-refractivity contribution in [2.24, 2.45) is 23.7 Å². The van der Waals surface area contributed by atoms with Gasteiger partial charge in [-0.3, -0.25) is 14.4 Å². The van der Waals surface area contributed by atoms with Gasteiger partial charge in [-0.05, 0) is 63.7 Å². The molecule has 0 spiro atoms. The lowest BCUT2D eigenvalue weighted by atomic mass is 9.79. The molecule has 0 amide bonds. The number of thiol groups is 3. The van der Waals surface area contributed by atoms with Gasteiger partial charge >= 0.3 is 17.9 Å². The molecule has 0 aromatic heterocycles. The first-order valence-corrected chi connectivity index (χ1v) is 13.4. The Morgan fingerprint density at radius 3 is 1.65 bits per heavy atom. The van der Waals surface area contributed by atoms with E-state index in [9.17, 15) is 14.4 Å². The Labute approximate surface area is 216 Å².